The summed E-state index contributed by atoms with van der Waals surface area (Å²) >= 11 is 0. The molecule has 3 nitrogen and oxygen atoms in total. The van der Waals surface area contributed by atoms with Gasteiger partial charge in [0.25, 0.3) is 5.91 Å². The molecular formula is C15H15NO2. The molecular weight excluding hydrogens is 226 g/mol. The van der Waals surface area contributed by atoms with Gasteiger partial charge in [-0.05, 0) is 18.6 Å². The van der Waals surface area contributed by atoms with Gasteiger partial charge in [0.05, 0.1) is 6.54 Å². The molecule has 0 radical (unpaired) electrons. The molecule has 1 amide bonds. The van der Waals surface area contributed by atoms with Gasteiger partial charge in [0.1, 0.15) is 5.58 Å². The van der Waals surface area contributed by atoms with E-state index in [9.17, 15) is 4.79 Å². The Hall–Kier alpha value is -2.21. The number of carbonyl (C=O) groups is 1. The van der Waals surface area contributed by atoms with Crippen molar-refractivity contribution < 1.29 is 9.21 Å². The molecule has 1 aromatic carbocycles. The molecule has 0 N–H and O–H groups in total. The second-order valence-electron chi connectivity index (χ2n) is 4.08. The summed E-state index contributed by atoms with van der Waals surface area (Å²) in [6.45, 7) is 2.96. The van der Waals surface area contributed by atoms with Gasteiger partial charge in [-0.15, -0.1) is 6.42 Å². The number of terminal acetylenes is 1. The van der Waals surface area contributed by atoms with Gasteiger partial charge in [-0.1, -0.05) is 31.0 Å². The standard InChI is InChI=1S/C15H15NO2/c1-3-9-16(10-4-2)15(17)14-11-12-7-5-6-8-13(12)18-14/h1,5-8,11H,4,9-10H2,2H3. The van der Waals surface area contributed by atoms with Crippen molar-refractivity contribution in [2.24, 2.45) is 0 Å². The Kier molecular flexibility index (Phi) is 3.69. The molecule has 18 heavy (non-hydrogen) atoms. The predicted octanol–water partition coefficient (Wildman–Crippen LogP) is 2.92. The number of nitrogens with zero attached hydrogens (tertiary/aromatic N) is 1. The molecule has 0 unspecified atom stereocenters. The van der Waals surface area contributed by atoms with Crippen LogP contribution in [0.4, 0.5) is 0 Å². The summed E-state index contributed by atoms with van der Waals surface area (Å²) in [6.07, 6.45) is 6.14. The summed E-state index contributed by atoms with van der Waals surface area (Å²) in [5, 5.41) is 0.929. The fourth-order valence-electron chi connectivity index (χ4n) is 1.88. The lowest BCUT2D eigenvalue weighted by Gasteiger charge is -2.17. The Morgan fingerprint density at radius 3 is 2.89 bits per heavy atom. The molecule has 0 saturated heterocycles. The average Bonchev–Trinajstić information content (AvgIpc) is 2.81. The van der Waals surface area contributed by atoms with Gasteiger partial charge >= 0.3 is 0 Å². The molecule has 0 aliphatic rings. The first-order valence-electron chi connectivity index (χ1n) is 5.97. The lowest BCUT2D eigenvalue weighted by atomic mass is 10.2. The maximum atomic E-state index is 12.2. The summed E-state index contributed by atoms with van der Waals surface area (Å²) in [4.78, 5) is 13.9. The van der Waals surface area contributed by atoms with E-state index in [-0.39, 0.29) is 5.91 Å². The van der Waals surface area contributed by atoms with E-state index in [1.165, 1.54) is 0 Å². The Morgan fingerprint density at radius 2 is 2.22 bits per heavy atom. The van der Waals surface area contributed by atoms with Crippen LogP contribution in [0.25, 0.3) is 11.0 Å². The van der Waals surface area contributed by atoms with Crippen molar-refractivity contribution in [3.8, 4) is 12.3 Å². The van der Waals surface area contributed by atoms with E-state index in [4.69, 9.17) is 10.8 Å². The van der Waals surface area contributed by atoms with Gasteiger partial charge in [-0.2, -0.15) is 0 Å². The number of benzene rings is 1. The number of rotatable bonds is 4. The van der Waals surface area contributed by atoms with E-state index in [2.05, 4.69) is 5.92 Å². The second kappa shape index (κ2) is 5.42. The van der Waals surface area contributed by atoms with Crippen LogP contribution in [-0.2, 0) is 0 Å². The minimum Gasteiger partial charge on any atom is -0.451 e. The van der Waals surface area contributed by atoms with Crippen molar-refractivity contribution in [3.05, 3.63) is 36.1 Å². The van der Waals surface area contributed by atoms with Crippen molar-refractivity contribution in [2.75, 3.05) is 13.1 Å². The van der Waals surface area contributed by atoms with Gasteiger partial charge < -0.3 is 9.32 Å². The summed E-state index contributed by atoms with van der Waals surface area (Å²) in [5.74, 6) is 2.70. The van der Waals surface area contributed by atoms with Crippen LogP contribution in [0.5, 0.6) is 0 Å². The van der Waals surface area contributed by atoms with E-state index in [1.54, 1.807) is 11.0 Å². The SMILES string of the molecule is C#CCN(CCC)C(=O)c1cc2ccccc2o1. The number of fused-ring (bicyclic) bond motifs is 1. The minimum absolute atomic E-state index is 0.147. The first kappa shape index (κ1) is 12.3. The molecule has 0 fully saturated rings. The Bertz CT molecular complexity index is 559. The highest BCUT2D eigenvalue weighted by atomic mass is 16.3. The number of hydrogen-bond donors (Lipinski definition) is 0. The molecule has 0 aliphatic heterocycles. The highest BCUT2D eigenvalue weighted by molar-refractivity contribution is 5.96. The lowest BCUT2D eigenvalue weighted by molar-refractivity contribution is 0.0747. The zero-order chi connectivity index (χ0) is 13.0. The van der Waals surface area contributed by atoms with Crippen LogP contribution in [0.3, 0.4) is 0 Å². The molecule has 0 bridgehead atoms. The summed E-state index contributed by atoms with van der Waals surface area (Å²) in [7, 11) is 0. The van der Waals surface area contributed by atoms with Crippen molar-refractivity contribution in [2.45, 2.75) is 13.3 Å². The maximum absolute atomic E-state index is 12.2. The molecule has 0 saturated carbocycles. The van der Waals surface area contributed by atoms with Crippen LogP contribution in [0.2, 0.25) is 0 Å². The van der Waals surface area contributed by atoms with Crippen LogP contribution in [-0.4, -0.2) is 23.9 Å². The van der Waals surface area contributed by atoms with Gasteiger partial charge in [0, 0.05) is 11.9 Å². The highest BCUT2D eigenvalue weighted by Gasteiger charge is 2.18. The zero-order valence-corrected chi connectivity index (χ0v) is 10.3. The Labute approximate surface area is 106 Å². The third-order valence-corrected chi connectivity index (χ3v) is 2.70. The Balaban J connectivity index is 2.29. The fraction of sp³-hybridized carbons (Fsp3) is 0.267. The normalized spacial score (nSPS) is 10.2. The van der Waals surface area contributed by atoms with Gasteiger partial charge in [-0.25, -0.2) is 0 Å². The van der Waals surface area contributed by atoms with Crippen molar-refractivity contribution in [1.29, 1.82) is 0 Å². The summed E-state index contributed by atoms with van der Waals surface area (Å²) < 4.78 is 5.54. The maximum Gasteiger partial charge on any atom is 0.290 e. The van der Waals surface area contributed by atoms with Crippen LogP contribution < -0.4 is 0 Å². The van der Waals surface area contributed by atoms with Crippen LogP contribution in [0.15, 0.2) is 34.7 Å². The van der Waals surface area contributed by atoms with Crippen molar-refractivity contribution in [3.63, 3.8) is 0 Å². The number of furan rings is 1. The largest absolute Gasteiger partial charge is 0.451 e. The first-order chi connectivity index (χ1) is 8.76. The van der Waals surface area contributed by atoms with Crippen molar-refractivity contribution >= 4 is 16.9 Å². The van der Waals surface area contributed by atoms with Crippen molar-refractivity contribution in [1.82, 2.24) is 4.90 Å². The molecule has 1 aromatic heterocycles. The zero-order valence-electron chi connectivity index (χ0n) is 10.3. The Morgan fingerprint density at radius 1 is 1.44 bits per heavy atom. The van der Waals surface area contributed by atoms with Crippen LogP contribution >= 0.6 is 0 Å². The molecule has 2 rings (SSSR count). The molecule has 3 heteroatoms. The van der Waals surface area contributed by atoms with E-state index < -0.39 is 0 Å². The molecule has 2 aromatic rings. The smallest absolute Gasteiger partial charge is 0.290 e. The van der Waals surface area contributed by atoms with Gasteiger partial charge in [0.15, 0.2) is 5.76 Å². The molecule has 92 valence electrons. The number of carbonyl (C=O) groups excluding carboxylic acids is 1. The quantitative estimate of drug-likeness (QED) is 0.771. The average molecular weight is 241 g/mol. The first-order valence-corrected chi connectivity index (χ1v) is 5.97. The summed E-state index contributed by atoms with van der Waals surface area (Å²) in [5.41, 5.74) is 0.720. The minimum atomic E-state index is -0.147. The predicted molar refractivity (Wildman–Crippen MR) is 71.2 cm³/mol. The number of para-hydroxylation sites is 1. The van der Waals surface area contributed by atoms with E-state index in [0.717, 1.165) is 17.4 Å². The molecule has 1 heterocycles. The molecule has 0 atom stereocenters. The third kappa shape index (κ3) is 2.38. The van der Waals surface area contributed by atoms with Gasteiger partial charge in [-0.3, -0.25) is 4.79 Å². The van der Waals surface area contributed by atoms with Crippen LogP contribution in [0.1, 0.15) is 23.9 Å². The fourth-order valence-corrected chi connectivity index (χ4v) is 1.88. The topological polar surface area (TPSA) is 33.5 Å². The number of hydrogen-bond acceptors (Lipinski definition) is 2. The highest BCUT2D eigenvalue weighted by Crippen LogP contribution is 2.20. The number of amides is 1. The van der Waals surface area contributed by atoms with E-state index in [0.29, 0.717) is 18.8 Å². The van der Waals surface area contributed by atoms with Gasteiger partial charge in [0.2, 0.25) is 0 Å². The van der Waals surface area contributed by atoms with Crippen LogP contribution in [0, 0.1) is 12.3 Å². The molecule has 0 aliphatic carbocycles. The monoisotopic (exact) mass is 241 g/mol. The second-order valence-corrected chi connectivity index (χ2v) is 4.08. The van der Waals surface area contributed by atoms with E-state index >= 15 is 0 Å². The van der Waals surface area contributed by atoms with E-state index in [1.807, 2.05) is 31.2 Å². The lowest BCUT2D eigenvalue weighted by Crippen LogP contribution is -2.31. The third-order valence-electron chi connectivity index (χ3n) is 2.70. The summed E-state index contributed by atoms with van der Waals surface area (Å²) in [6, 6.07) is 9.32. The molecule has 0 spiro atoms.